The van der Waals surface area contributed by atoms with Crippen LogP contribution in [0.3, 0.4) is 0 Å². The molecule has 1 saturated heterocycles. The molecular weight excluding hydrogens is 268 g/mol. The summed E-state index contributed by atoms with van der Waals surface area (Å²) >= 11 is 0. The first kappa shape index (κ1) is 15.8. The van der Waals surface area contributed by atoms with Crippen LogP contribution < -0.4 is 10.1 Å². The molecule has 116 valence electrons. The number of likely N-dealkylation sites (tertiary alicyclic amines) is 1. The molecule has 1 aromatic rings. The van der Waals surface area contributed by atoms with Crippen LogP contribution in [0.2, 0.25) is 0 Å². The van der Waals surface area contributed by atoms with Gasteiger partial charge in [-0.2, -0.15) is 0 Å². The number of para-hydroxylation sites is 1. The molecule has 0 radical (unpaired) electrons. The maximum Gasteiger partial charge on any atom is 0.220 e. The van der Waals surface area contributed by atoms with Crippen molar-refractivity contribution in [1.29, 1.82) is 0 Å². The Hall–Kier alpha value is -1.59. The molecule has 0 saturated carbocycles. The van der Waals surface area contributed by atoms with Crippen molar-refractivity contribution in [1.82, 2.24) is 10.2 Å². The summed E-state index contributed by atoms with van der Waals surface area (Å²) in [6, 6.07) is 9.73. The van der Waals surface area contributed by atoms with Crippen LogP contribution >= 0.6 is 0 Å². The van der Waals surface area contributed by atoms with Crippen LogP contribution in [0.15, 0.2) is 30.3 Å². The molecule has 0 unspecified atom stereocenters. The lowest BCUT2D eigenvalue weighted by Gasteiger charge is -2.18. The average molecular weight is 292 g/mol. The van der Waals surface area contributed by atoms with Crippen LogP contribution in [0, 0.1) is 0 Å². The van der Waals surface area contributed by atoms with E-state index in [9.17, 15) is 4.79 Å². The zero-order chi connectivity index (χ0) is 15.1. The SMILES string of the molecule is CO[C@@H]1CN(C)C[C@H]1NC(=O)CCCOc1ccccc1. The number of likely N-dealkylation sites (N-methyl/N-ethyl adjacent to an activating group) is 1. The minimum Gasteiger partial charge on any atom is -0.494 e. The van der Waals surface area contributed by atoms with Crippen molar-refractivity contribution in [2.75, 3.05) is 33.9 Å². The molecule has 1 aliphatic rings. The second-order valence-electron chi connectivity index (χ2n) is 5.43. The van der Waals surface area contributed by atoms with Gasteiger partial charge in [-0.3, -0.25) is 4.79 Å². The topological polar surface area (TPSA) is 50.8 Å². The Morgan fingerprint density at radius 2 is 2.10 bits per heavy atom. The van der Waals surface area contributed by atoms with E-state index in [1.54, 1.807) is 7.11 Å². The Morgan fingerprint density at radius 1 is 1.33 bits per heavy atom. The van der Waals surface area contributed by atoms with Gasteiger partial charge >= 0.3 is 0 Å². The minimum atomic E-state index is 0.0639. The summed E-state index contributed by atoms with van der Waals surface area (Å²) in [5.41, 5.74) is 0. The molecule has 0 aromatic heterocycles. The third-order valence-electron chi connectivity index (χ3n) is 3.66. The van der Waals surface area contributed by atoms with Crippen molar-refractivity contribution in [3.8, 4) is 5.75 Å². The summed E-state index contributed by atoms with van der Waals surface area (Å²) in [5.74, 6) is 0.906. The van der Waals surface area contributed by atoms with Gasteiger partial charge in [0.25, 0.3) is 0 Å². The van der Waals surface area contributed by atoms with Gasteiger partial charge in [-0.25, -0.2) is 0 Å². The fourth-order valence-electron chi connectivity index (χ4n) is 2.56. The Kier molecular flexibility index (Phi) is 6.02. The Labute approximate surface area is 126 Å². The van der Waals surface area contributed by atoms with Crippen LogP contribution in [0.5, 0.6) is 5.75 Å². The summed E-state index contributed by atoms with van der Waals surface area (Å²) in [4.78, 5) is 14.1. The van der Waals surface area contributed by atoms with Crippen molar-refractivity contribution >= 4 is 5.91 Å². The second-order valence-corrected chi connectivity index (χ2v) is 5.43. The first-order valence-corrected chi connectivity index (χ1v) is 7.37. The number of benzene rings is 1. The predicted molar refractivity (Wildman–Crippen MR) is 81.4 cm³/mol. The summed E-state index contributed by atoms with van der Waals surface area (Å²) in [5, 5.41) is 3.05. The van der Waals surface area contributed by atoms with Crippen molar-refractivity contribution in [3.63, 3.8) is 0 Å². The van der Waals surface area contributed by atoms with E-state index in [-0.39, 0.29) is 18.1 Å². The predicted octanol–water partition coefficient (Wildman–Crippen LogP) is 1.29. The van der Waals surface area contributed by atoms with Crippen molar-refractivity contribution in [2.24, 2.45) is 0 Å². The van der Waals surface area contributed by atoms with Crippen molar-refractivity contribution in [3.05, 3.63) is 30.3 Å². The largest absolute Gasteiger partial charge is 0.494 e. The quantitative estimate of drug-likeness (QED) is 0.770. The number of methoxy groups -OCH3 is 1. The maximum atomic E-state index is 11.9. The molecule has 2 rings (SSSR count). The molecule has 1 N–H and O–H groups in total. The van der Waals surface area contributed by atoms with Gasteiger partial charge < -0.3 is 19.7 Å². The van der Waals surface area contributed by atoms with Gasteiger partial charge in [-0.1, -0.05) is 18.2 Å². The number of nitrogens with one attached hydrogen (secondary N) is 1. The first-order chi connectivity index (χ1) is 10.2. The highest BCUT2D eigenvalue weighted by molar-refractivity contribution is 5.76. The van der Waals surface area contributed by atoms with E-state index in [1.807, 2.05) is 37.4 Å². The summed E-state index contributed by atoms with van der Waals surface area (Å²) in [6.45, 7) is 2.25. The van der Waals surface area contributed by atoms with Gasteiger partial charge in [0, 0.05) is 26.6 Å². The Morgan fingerprint density at radius 3 is 2.81 bits per heavy atom. The van der Waals surface area contributed by atoms with Gasteiger partial charge in [0.15, 0.2) is 0 Å². The Bertz CT molecular complexity index is 438. The number of ether oxygens (including phenoxy) is 2. The fourth-order valence-corrected chi connectivity index (χ4v) is 2.56. The normalized spacial score (nSPS) is 22.2. The zero-order valence-corrected chi connectivity index (χ0v) is 12.7. The van der Waals surface area contributed by atoms with Gasteiger partial charge in [-0.15, -0.1) is 0 Å². The number of nitrogens with zero attached hydrogens (tertiary/aromatic N) is 1. The Balaban J connectivity index is 1.63. The van der Waals surface area contributed by atoms with E-state index in [2.05, 4.69) is 10.2 Å². The lowest BCUT2D eigenvalue weighted by atomic mass is 10.2. The van der Waals surface area contributed by atoms with E-state index in [4.69, 9.17) is 9.47 Å². The standard InChI is InChI=1S/C16H24N2O3/c1-18-11-14(15(12-18)20-2)17-16(19)9-6-10-21-13-7-4-3-5-8-13/h3-5,7-8,14-15H,6,9-12H2,1-2H3,(H,17,19)/t14-,15-/m1/s1. The molecule has 1 fully saturated rings. The van der Waals surface area contributed by atoms with Crippen LogP contribution in [-0.4, -0.2) is 56.8 Å². The molecule has 1 aromatic carbocycles. The monoisotopic (exact) mass is 292 g/mol. The lowest BCUT2D eigenvalue weighted by Crippen LogP contribution is -2.43. The van der Waals surface area contributed by atoms with Crippen molar-refractivity contribution in [2.45, 2.75) is 25.0 Å². The average Bonchev–Trinajstić information content (AvgIpc) is 2.84. The highest BCUT2D eigenvalue weighted by Crippen LogP contribution is 2.12. The summed E-state index contributed by atoms with van der Waals surface area (Å²) in [6.07, 6.45) is 1.27. The van der Waals surface area contributed by atoms with E-state index >= 15 is 0 Å². The second kappa shape index (κ2) is 8.00. The van der Waals surface area contributed by atoms with Gasteiger partial charge in [0.1, 0.15) is 5.75 Å². The van der Waals surface area contributed by atoms with Gasteiger partial charge in [0.2, 0.25) is 5.91 Å². The number of hydrogen-bond donors (Lipinski definition) is 1. The van der Waals surface area contributed by atoms with Crippen LogP contribution in [0.1, 0.15) is 12.8 Å². The highest BCUT2D eigenvalue weighted by Gasteiger charge is 2.31. The molecule has 1 amide bonds. The molecule has 21 heavy (non-hydrogen) atoms. The number of amides is 1. The third kappa shape index (κ3) is 5.02. The highest BCUT2D eigenvalue weighted by atomic mass is 16.5. The smallest absolute Gasteiger partial charge is 0.220 e. The summed E-state index contributed by atoms with van der Waals surface area (Å²) < 4.78 is 11.0. The lowest BCUT2D eigenvalue weighted by molar-refractivity contribution is -0.122. The molecule has 1 aliphatic heterocycles. The number of carbonyl (C=O) groups excluding carboxylic acids is 1. The number of hydrogen-bond acceptors (Lipinski definition) is 4. The molecular formula is C16H24N2O3. The van der Waals surface area contributed by atoms with E-state index in [0.29, 0.717) is 19.4 Å². The minimum absolute atomic E-state index is 0.0639. The first-order valence-electron chi connectivity index (χ1n) is 7.37. The van der Waals surface area contributed by atoms with Gasteiger partial charge in [0.05, 0.1) is 18.8 Å². The van der Waals surface area contributed by atoms with Crippen LogP contribution in [0.4, 0.5) is 0 Å². The molecule has 0 aliphatic carbocycles. The molecule has 0 spiro atoms. The number of carbonyl (C=O) groups is 1. The van der Waals surface area contributed by atoms with Crippen LogP contribution in [-0.2, 0) is 9.53 Å². The molecule has 5 heteroatoms. The van der Waals surface area contributed by atoms with E-state index < -0.39 is 0 Å². The summed E-state index contributed by atoms with van der Waals surface area (Å²) in [7, 11) is 3.72. The van der Waals surface area contributed by atoms with E-state index in [1.165, 1.54) is 0 Å². The van der Waals surface area contributed by atoms with Crippen LogP contribution in [0.25, 0.3) is 0 Å². The van der Waals surface area contributed by atoms with Crippen molar-refractivity contribution < 1.29 is 14.3 Å². The molecule has 2 atom stereocenters. The van der Waals surface area contributed by atoms with E-state index in [0.717, 1.165) is 18.8 Å². The fraction of sp³-hybridized carbons (Fsp3) is 0.562. The van der Waals surface area contributed by atoms with Gasteiger partial charge in [-0.05, 0) is 25.6 Å². The maximum absolute atomic E-state index is 11.9. The zero-order valence-electron chi connectivity index (χ0n) is 12.7. The molecule has 5 nitrogen and oxygen atoms in total. The molecule has 1 heterocycles. The molecule has 0 bridgehead atoms. The number of rotatable bonds is 7. The third-order valence-corrected chi connectivity index (χ3v) is 3.66.